The molecule has 5 nitrogen and oxygen atoms in total. The number of carboxylic acids is 1. The highest BCUT2D eigenvalue weighted by molar-refractivity contribution is 5.78. The fourth-order valence-corrected chi connectivity index (χ4v) is 1.64. The Kier molecular flexibility index (Phi) is 5.25. The topological polar surface area (TPSA) is 75.6 Å². The molecule has 1 rings (SSSR count). The van der Waals surface area contributed by atoms with Crippen LogP contribution < -0.4 is 5.32 Å². The van der Waals surface area contributed by atoms with Crippen LogP contribution in [0.4, 0.5) is 0 Å². The monoisotopic (exact) mass is 229 g/mol. The Morgan fingerprint density at radius 2 is 2.06 bits per heavy atom. The van der Waals surface area contributed by atoms with Crippen LogP contribution in [0.5, 0.6) is 0 Å². The number of carboxylic acid groups (broad SMARTS) is 1. The Labute approximate surface area is 95.2 Å². The fourth-order valence-electron chi connectivity index (χ4n) is 1.64. The van der Waals surface area contributed by atoms with Crippen LogP contribution in [-0.4, -0.2) is 36.7 Å². The van der Waals surface area contributed by atoms with Crippen molar-refractivity contribution in [2.24, 2.45) is 11.8 Å². The average Bonchev–Trinajstić information content (AvgIpc) is 2.29. The average molecular weight is 229 g/mol. The number of aliphatic carboxylic acids is 1. The molecule has 1 unspecified atom stereocenters. The third-order valence-electron chi connectivity index (χ3n) is 2.89. The number of carbonyl (C=O) groups is 2. The van der Waals surface area contributed by atoms with Crippen LogP contribution in [0.2, 0.25) is 0 Å². The van der Waals surface area contributed by atoms with E-state index in [4.69, 9.17) is 9.84 Å². The predicted octanol–water partition coefficient (Wildman–Crippen LogP) is 0.640. The van der Waals surface area contributed by atoms with E-state index >= 15 is 0 Å². The summed E-state index contributed by atoms with van der Waals surface area (Å²) in [6.45, 7) is 3.36. The molecule has 1 heterocycles. The van der Waals surface area contributed by atoms with Gasteiger partial charge in [-0.25, -0.2) is 0 Å². The summed E-state index contributed by atoms with van der Waals surface area (Å²) in [4.78, 5) is 22.2. The van der Waals surface area contributed by atoms with Crippen LogP contribution in [0.15, 0.2) is 0 Å². The molecule has 1 saturated heterocycles. The summed E-state index contributed by atoms with van der Waals surface area (Å²) in [5.41, 5.74) is 0. The van der Waals surface area contributed by atoms with Gasteiger partial charge in [-0.1, -0.05) is 6.92 Å². The minimum Gasteiger partial charge on any atom is -0.481 e. The fraction of sp³-hybridized carbons (Fsp3) is 0.818. The molecule has 0 aromatic carbocycles. The van der Waals surface area contributed by atoms with Gasteiger partial charge in [0, 0.05) is 25.7 Å². The summed E-state index contributed by atoms with van der Waals surface area (Å²) in [6, 6.07) is 0. The number of amides is 1. The number of carbonyl (C=O) groups excluding carboxylic acids is 1. The molecule has 1 amide bonds. The highest BCUT2D eigenvalue weighted by Crippen LogP contribution is 2.14. The van der Waals surface area contributed by atoms with Gasteiger partial charge in [-0.05, 0) is 19.3 Å². The molecule has 5 heteroatoms. The Morgan fingerprint density at radius 3 is 2.62 bits per heavy atom. The van der Waals surface area contributed by atoms with E-state index in [1.54, 1.807) is 6.92 Å². The maximum atomic E-state index is 11.6. The molecule has 1 atom stereocenters. The van der Waals surface area contributed by atoms with Crippen molar-refractivity contribution in [2.45, 2.75) is 26.2 Å². The quantitative estimate of drug-likeness (QED) is 0.725. The van der Waals surface area contributed by atoms with Crippen LogP contribution in [0, 0.1) is 11.8 Å². The molecule has 16 heavy (non-hydrogen) atoms. The first-order valence-electron chi connectivity index (χ1n) is 5.69. The van der Waals surface area contributed by atoms with E-state index in [9.17, 15) is 9.59 Å². The van der Waals surface area contributed by atoms with Crippen molar-refractivity contribution >= 4 is 11.9 Å². The Morgan fingerprint density at radius 1 is 1.44 bits per heavy atom. The Hall–Kier alpha value is -1.10. The van der Waals surface area contributed by atoms with E-state index < -0.39 is 11.9 Å². The number of hydrogen-bond donors (Lipinski definition) is 2. The van der Waals surface area contributed by atoms with E-state index in [0.29, 0.717) is 26.2 Å². The van der Waals surface area contributed by atoms with E-state index in [2.05, 4.69) is 5.32 Å². The summed E-state index contributed by atoms with van der Waals surface area (Å²) in [6.07, 6.45) is 2.00. The summed E-state index contributed by atoms with van der Waals surface area (Å²) in [5.74, 6) is -1.16. The standard InChI is InChI=1S/C11H19NO4/c1-8(11(14)15)2-5-12-10(13)9-3-6-16-7-4-9/h8-9H,2-7H2,1H3,(H,12,13)(H,14,15). The minimum absolute atomic E-state index is 0.0286. The summed E-state index contributed by atoms with van der Waals surface area (Å²) >= 11 is 0. The lowest BCUT2D eigenvalue weighted by atomic mass is 9.99. The highest BCUT2D eigenvalue weighted by Gasteiger charge is 2.21. The van der Waals surface area contributed by atoms with Gasteiger partial charge in [-0.15, -0.1) is 0 Å². The van der Waals surface area contributed by atoms with Gasteiger partial charge in [-0.2, -0.15) is 0 Å². The van der Waals surface area contributed by atoms with Crippen LogP contribution in [0.1, 0.15) is 26.2 Å². The minimum atomic E-state index is -0.819. The first-order valence-corrected chi connectivity index (χ1v) is 5.69. The van der Waals surface area contributed by atoms with Crippen molar-refractivity contribution in [3.63, 3.8) is 0 Å². The van der Waals surface area contributed by atoms with Gasteiger partial charge in [0.05, 0.1) is 5.92 Å². The molecule has 1 aliphatic heterocycles. The number of hydrogen-bond acceptors (Lipinski definition) is 3. The van der Waals surface area contributed by atoms with Gasteiger partial charge in [0.1, 0.15) is 0 Å². The molecule has 0 bridgehead atoms. The second-order valence-corrected chi connectivity index (χ2v) is 4.21. The molecule has 2 N–H and O–H groups in total. The predicted molar refractivity (Wildman–Crippen MR) is 58.0 cm³/mol. The molecule has 0 saturated carbocycles. The van der Waals surface area contributed by atoms with Gasteiger partial charge in [0.15, 0.2) is 0 Å². The van der Waals surface area contributed by atoms with Gasteiger partial charge in [0.2, 0.25) is 5.91 Å². The molecule has 0 aromatic rings. The smallest absolute Gasteiger partial charge is 0.306 e. The second kappa shape index (κ2) is 6.48. The van der Waals surface area contributed by atoms with Crippen LogP contribution >= 0.6 is 0 Å². The first-order chi connectivity index (χ1) is 7.61. The number of nitrogens with one attached hydrogen (secondary N) is 1. The van der Waals surface area contributed by atoms with Crippen LogP contribution in [0.25, 0.3) is 0 Å². The zero-order chi connectivity index (χ0) is 12.0. The summed E-state index contributed by atoms with van der Waals surface area (Å²) < 4.78 is 5.17. The molecule has 1 aliphatic rings. The van der Waals surface area contributed by atoms with Crippen LogP contribution in [-0.2, 0) is 14.3 Å². The van der Waals surface area contributed by atoms with Gasteiger partial charge in [0.25, 0.3) is 0 Å². The van der Waals surface area contributed by atoms with Crippen molar-refractivity contribution < 1.29 is 19.4 Å². The summed E-state index contributed by atoms with van der Waals surface area (Å²) in [5, 5.41) is 11.4. The van der Waals surface area contributed by atoms with Crippen molar-refractivity contribution in [3.8, 4) is 0 Å². The number of ether oxygens (including phenoxy) is 1. The molecule has 0 aliphatic carbocycles. The first kappa shape index (κ1) is 13.0. The lowest BCUT2D eigenvalue weighted by Crippen LogP contribution is -2.35. The molecule has 0 aromatic heterocycles. The Bertz CT molecular complexity index is 248. The number of rotatable bonds is 5. The van der Waals surface area contributed by atoms with Crippen molar-refractivity contribution in [2.75, 3.05) is 19.8 Å². The van der Waals surface area contributed by atoms with Crippen LogP contribution in [0.3, 0.4) is 0 Å². The van der Waals surface area contributed by atoms with E-state index in [-0.39, 0.29) is 11.8 Å². The molecule has 1 fully saturated rings. The van der Waals surface area contributed by atoms with E-state index in [1.807, 2.05) is 0 Å². The Balaban J connectivity index is 2.16. The zero-order valence-corrected chi connectivity index (χ0v) is 9.57. The second-order valence-electron chi connectivity index (χ2n) is 4.21. The largest absolute Gasteiger partial charge is 0.481 e. The molecule has 0 spiro atoms. The lowest BCUT2D eigenvalue weighted by molar-refractivity contribution is -0.141. The lowest BCUT2D eigenvalue weighted by Gasteiger charge is -2.21. The molecular formula is C11H19NO4. The van der Waals surface area contributed by atoms with E-state index in [0.717, 1.165) is 12.8 Å². The van der Waals surface area contributed by atoms with Crippen molar-refractivity contribution in [1.82, 2.24) is 5.32 Å². The zero-order valence-electron chi connectivity index (χ0n) is 9.57. The molecular weight excluding hydrogens is 210 g/mol. The molecule has 92 valence electrons. The maximum absolute atomic E-state index is 11.6. The molecule has 0 radical (unpaired) electrons. The third-order valence-corrected chi connectivity index (χ3v) is 2.89. The van der Waals surface area contributed by atoms with Gasteiger partial charge < -0.3 is 15.2 Å². The maximum Gasteiger partial charge on any atom is 0.306 e. The SMILES string of the molecule is CC(CCNC(=O)C1CCOCC1)C(=O)O. The third kappa shape index (κ3) is 4.18. The van der Waals surface area contributed by atoms with E-state index in [1.165, 1.54) is 0 Å². The van der Waals surface area contributed by atoms with Gasteiger partial charge >= 0.3 is 5.97 Å². The highest BCUT2D eigenvalue weighted by atomic mass is 16.5. The van der Waals surface area contributed by atoms with Crippen molar-refractivity contribution in [1.29, 1.82) is 0 Å². The summed E-state index contributed by atoms with van der Waals surface area (Å²) in [7, 11) is 0. The van der Waals surface area contributed by atoms with Crippen molar-refractivity contribution in [3.05, 3.63) is 0 Å². The normalized spacial score (nSPS) is 19.1. The van der Waals surface area contributed by atoms with Gasteiger partial charge in [-0.3, -0.25) is 9.59 Å².